The number of aliphatic hydroxyl groups excluding tert-OH is 1. The molecule has 0 amide bonds. The molecule has 0 bridgehead atoms. The fourth-order valence-corrected chi connectivity index (χ4v) is 2.22. The number of rotatable bonds is 5. The van der Waals surface area contributed by atoms with Gasteiger partial charge in [-0.2, -0.15) is 0 Å². The van der Waals surface area contributed by atoms with Crippen LogP contribution in [0.2, 0.25) is 0 Å². The van der Waals surface area contributed by atoms with Gasteiger partial charge in [-0.05, 0) is 31.2 Å². The number of benzene rings is 1. The van der Waals surface area contributed by atoms with E-state index in [0.717, 1.165) is 17.8 Å². The number of likely N-dealkylation sites (N-methyl/N-ethyl adjacent to an activating group) is 1. The molecule has 1 unspecified atom stereocenters. The second-order valence-electron chi connectivity index (χ2n) is 4.84. The van der Waals surface area contributed by atoms with E-state index in [9.17, 15) is 9.50 Å². The minimum Gasteiger partial charge on any atom is -0.389 e. The summed E-state index contributed by atoms with van der Waals surface area (Å²) in [5, 5.41) is 9.74. The molecule has 1 atom stereocenters. The molecule has 106 valence electrons. The summed E-state index contributed by atoms with van der Waals surface area (Å²) in [4.78, 5) is 6.21. The van der Waals surface area contributed by atoms with Crippen LogP contribution >= 0.6 is 0 Å². The summed E-state index contributed by atoms with van der Waals surface area (Å²) in [5.41, 5.74) is 2.06. The average Bonchev–Trinajstić information content (AvgIpc) is 2.45. The van der Waals surface area contributed by atoms with Gasteiger partial charge in [0.2, 0.25) is 0 Å². The van der Waals surface area contributed by atoms with Gasteiger partial charge in [0, 0.05) is 43.2 Å². The van der Waals surface area contributed by atoms with Gasteiger partial charge >= 0.3 is 0 Å². The van der Waals surface area contributed by atoms with Gasteiger partial charge in [-0.1, -0.05) is 12.1 Å². The third kappa shape index (κ3) is 3.33. The van der Waals surface area contributed by atoms with Gasteiger partial charge in [0.1, 0.15) is 5.82 Å². The SMILES string of the molecule is CC(O)c1c(F)cccc1N(C)CCc1ccccn1. The Labute approximate surface area is 118 Å². The summed E-state index contributed by atoms with van der Waals surface area (Å²) in [6.45, 7) is 2.29. The number of aliphatic hydroxyl groups is 1. The molecule has 0 saturated heterocycles. The molecule has 1 heterocycles. The van der Waals surface area contributed by atoms with Crippen LogP contribution < -0.4 is 4.90 Å². The maximum absolute atomic E-state index is 13.8. The van der Waals surface area contributed by atoms with Crippen LogP contribution in [0.4, 0.5) is 10.1 Å². The molecule has 2 aromatic rings. The lowest BCUT2D eigenvalue weighted by atomic mass is 10.1. The second kappa shape index (κ2) is 6.48. The maximum atomic E-state index is 13.8. The maximum Gasteiger partial charge on any atom is 0.131 e. The third-order valence-electron chi connectivity index (χ3n) is 3.29. The van der Waals surface area contributed by atoms with Gasteiger partial charge in [0.15, 0.2) is 0 Å². The minimum absolute atomic E-state index is 0.344. The zero-order valence-electron chi connectivity index (χ0n) is 11.8. The lowest BCUT2D eigenvalue weighted by molar-refractivity contribution is 0.194. The molecule has 20 heavy (non-hydrogen) atoms. The van der Waals surface area contributed by atoms with Crippen molar-refractivity contribution in [3.8, 4) is 0 Å². The molecule has 3 nitrogen and oxygen atoms in total. The number of halogens is 1. The molecule has 0 aliphatic carbocycles. The van der Waals surface area contributed by atoms with Gasteiger partial charge in [-0.15, -0.1) is 0 Å². The first-order chi connectivity index (χ1) is 9.59. The highest BCUT2D eigenvalue weighted by Gasteiger charge is 2.16. The molecule has 0 aliphatic rings. The van der Waals surface area contributed by atoms with E-state index in [4.69, 9.17) is 0 Å². The Bertz CT molecular complexity index is 558. The Morgan fingerprint density at radius 3 is 2.70 bits per heavy atom. The zero-order chi connectivity index (χ0) is 14.5. The van der Waals surface area contributed by atoms with Crippen molar-refractivity contribution in [1.29, 1.82) is 0 Å². The number of hydrogen-bond acceptors (Lipinski definition) is 3. The summed E-state index contributed by atoms with van der Waals surface area (Å²) >= 11 is 0. The number of nitrogens with zero attached hydrogens (tertiary/aromatic N) is 2. The molecule has 0 spiro atoms. The number of aromatic nitrogens is 1. The standard InChI is InChI=1S/C16H19FN2O/c1-12(20)16-14(17)7-5-8-15(16)19(2)11-9-13-6-3-4-10-18-13/h3-8,10,12,20H,9,11H2,1-2H3. The van der Waals surface area contributed by atoms with Gasteiger partial charge in [-0.3, -0.25) is 4.98 Å². The van der Waals surface area contributed by atoms with E-state index in [0.29, 0.717) is 12.1 Å². The summed E-state index contributed by atoms with van der Waals surface area (Å²) in [6.07, 6.45) is 1.70. The molecule has 0 aliphatic heterocycles. The smallest absolute Gasteiger partial charge is 0.131 e. The van der Waals surface area contributed by atoms with Crippen LogP contribution in [0.3, 0.4) is 0 Å². The van der Waals surface area contributed by atoms with E-state index in [-0.39, 0.29) is 5.82 Å². The molecule has 0 saturated carbocycles. The molecule has 2 rings (SSSR count). The predicted molar refractivity (Wildman–Crippen MR) is 78.2 cm³/mol. The normalized spacial score (nSPS) is 12.2. The quantitative estimate of drug-likeness (QED) is 0.910. The van der Waals surface area contributed by atoms with E-state index in [2.05, 4.69) is 4.98 Å². The van der Waals surface area contributed by atoms with Crippen molar-refractivity contribution in [2.75, 3.05) is 18.5 Å². The van der Waals surface area contributed by atoms with Crippen LogP contribution in [0.5, 0.6) is 0 Å². The van der Waals surface area contributed by atoms with Gasteiger partial charge in [0.25, 0.3) is 0 Å². The number of anilines is 1. The van der Waals surface area contributed by atoms with E-state index in [1.807, 2.05) is 36.2 Å². The van der Waals surface area contributed by atoms with Crippen molar-refractivity contribution in [2.24, 2.45) is 0 Å². The average molecular weight is 274 g/mol. The van der Waals surface area contributed by atoms with Crippen LogP contribution in [0, 0.1) is 5.82 Å². The van der Waals surface area contributed by atoms with Crippen LogP contribution in [0.25, 0.3) is 0 Å². The topological polar surface area (TPSA) is 36.4 Å². The zero-order valence-corrected chi connectivity index (χ0v) is 11.8. The summed E-state index contributed by atoms with van der Waals surface area (Å²) in [5.74, 6) is -0.373. The highest BCUT2D eigenvalue weighted by molar-refractivity contribution is 5.54. The Kier molecular flexibility index (Phi) is 4.69. The Balaban J connectivity index is 2.13. The highest BCUT2D eigenvalue weighted by atomic mass is 19.1. The van der Waals surface area contributed by atoms with E-state index in [1.165, 1.54) is 6.07 Å². The monoisotopic (exact) mass is 274 g/mol. The summed E-state index contributed by atoms with van der Waals surface area (Å²) in [7, 11) is 1.89. The van der Waals surface area contributed by atoms with Crippen LogP contribution in [0.1, 0.15) is 24.3 Å². The van der Waals surface area contributed by atoms with Crippen molar-refractivity contribution >= 4 is 5.69 Å². The van der Waals surface area contributed by atoms with Gasteiger partial charge in [-0.25, -0.2) is 4.39 Å². The molecular formula is C16H19FN2O. The molecule has 0 radical (unpaired) electrons. The lowest BCUT2D eigenvalue weighted by Gasteiger charge is -2.23. The van der Waals surface area contributed by atoms with Crippen molar-refractivity contribution in [3.63, 3.8) is 0 Å². The van der Waals surface area contributed by atoms with Crippen molar-refractivity contribution in [1.82, 2.24) is 4.98 Å². The molecule has 1 aromatic heterocycles. The summed E-state index contributed by atoms with van der Waals surface area (Å²) in [6, 6.07) is 10.7. The van der Waals surface area contributed by atoms with E-state index < -0.39 is 6.10 Å². The molecule has 4 heteroatoms. The Hall–Kier alpha value is -1.94. The minimum atomic E-state index is -0.830. The van der Waals surface area contributed by atoms with Crippen LogP contribution in [0.15, 0.2) is 42.6 Å². The van der Waals surface area contributed by atoms with Crippen molar-refractivity contribution in [2.45, 2.75) is 19.4 Å². The lowest BCUT2D eigenvalue weighted by Crippen LogP contribution is -2.23. The number of pyridine rings is 1. The third-order valence-corrected chi connectivity index (χ3v) is 3.29. The molecule has 0 fully saturated rings. The fourth-order valence-electron chi connectivity index (χ4n) is 2.22. The van der Waals surface area contributed by atoms with Crippen molar-refractivity contribution < 1.29 is 9.50 Å². The predicted octanol–water partition coefficient (Wildman–Crippen LogP) is 2.95. The van der Waals surface area contributed by atoms with Crippen LogP contribution in [-0.4, -0.2) is 23.7 Å². The number of hydrogen-bond donors (Lipinski definition) is 1. The first kappa shape index (κ1) is 14.5. The Morgan fingerprint density at radius 2 is 2.05 bits per heavy atom. The second-order valence-corrected chi connectivity index (χ2v) is 4.84. The largest absolute Gasteiger partial charge is 0.389 e. The summed E-state index contributed by atoms with van der Waals surface area (Å²) < 4.78 is 13.8. The molecular weight excluding hydrogens is 255 g/mol. The first-order valence-electron chi connectivity index (χ1n) is 6.67. The highest BCUT2D eigenvalue weighted by Crippen LogP contribution is 2.28. The van der Waals surface area contributed by atoms with E-state index in [1.54, 1.807) is 19.2 Å². The van der Waals surface area contributed by atoms with Crippen LogP contribution in [-0.2, 0) is 6.42 Å². The first-order valence-corrected chi connectivity index (χ1v) is 6.67. The molecule has 1 aromatic carbocycles. The fraction of sp³-hybridized carbons (Fsp3) is 0.312. The van der Waals surface area contributed by atoms with Crippen molar-refractivity contribution in [3.05, 3.63) is 59.7 Å². The Morgan fingerprint density at radius 1 is 1.25 bits per heavy atom. The van der Waals surface area contributed by atoms with Gasteiger partial charge < -0.3 is 10.0 Å². The van der Waals surface area contributed by atoms with E-state index >= 15 is 0 Å². The van der Waals surface area contributed by atoms with Gasteiger partial charge in [0.05, 0.1) is 6.10 Å². The molecule has 1 N–H and O–H groups in total.